The zero-order chi connectivity index (χ0) is 12.5. The Hall–Kier alpha value is -1.31. The monoisotopic (exact) mass is 258 g/mol. The first-order valence-electron chi connectivity index (χ1n) is 5.11. The fraction of sp³-hybridized carbons (Fsp3) is 0.400. The zero-order valence-electron chi connectivity index (χ0n) is 9.34. The lowest BCUT2D eigenvalue weighted by atomic mass is 10.2. The SMILES string of the molecule is Cc1ccc2c(c1)OC[C@H](CNS(N)(=O)=O)O2. The topological polar surface area (TPSA) is 90.6 Å². The Labute approximate surface area is 99.9 Å². The lowest BCUT2D eigenvalue weighted by molar-refractivity contribution is 0.0942. The van der Waals surface area contributed by atoms with Crippen LogP contribution in [0.1, 0.15) is 5.56 Å². The van der Waals surface area contributed by atoms with E-state index in [-0.39, 0.29) is 12.6 Å². The van der Waals surface area contributed by atoms with Crippen molar-refractivity contribution in [1.29, 1.82) is 0 Å². The third kappa shape index (κ3) is 3.32. The number of benzene rings is 1. The molecule has 1 heterocycles. The van der Waals surface area contributed by atoms with Crippen LogP contribution in [0.3, 0.4) is 0 Å². The Morgan fingerprint density at radius 1 is 1.47 bits per heavy atom. The van der Waals surface area contributed by atoms with Gasteiger partial charge in [0, 0.05) is 0 Å². The van der Waals surface area contributed by atoms with Crippen LogP contribution in [-0.4, -0.2) is 27.7 Å². The van der Waals surface area contributed by atoms with E-state index in [0.29, 0.717) is 18.1 Å². The molecule has 0 saturated carbocycles. The molecular weight excluding hydrogens is 244 g/mol. The Morgan fingerprint density at radius 3 is 2.94 bits per heavy atom. The van der Waals surface area contributed by atoms with E-state index in [2.05, 4.69) is 4.72 Å². The maximum Gasteiger partial charge on any atom is 0.274 e. The molecule has 0 fully saturated rings. The fourth-order valence-electron chi connectivity index (χ4n) is 1.53. The number of rotatable bonds is 3. The molecule has 2 rings (SSSR count). The standard InChI is InChI=1S/C10H14N2O4S/c1-7-2-3-9-10(4-7)15-6-8(16-9)5-12-17(11,13)14/h2-4,8,12H,5-6H2,1H3,(H2,11,13,14)/t8-/m0/s1. The lowest BCUT2D eigenvalue weighted by Gasteiger charge is -2.26. The molecule has 0 aliphatic carbocycles. The lowest BCUT2D eigenvalue weighted by Crippen LogP contribution is -2.42. The summed E-state index contributed by atoms with van der Waals surface area (Å²) in [6, 6.07) is 5.57. The van der Waals surface area contributed by atoms with E-state index < -0.39 is 10.2 Å². The molecule has 0 unspecified atom stereocenters. The summed E-state index contributed by atoms with van der Waals surface area (Å²) in [7, 11) is -3.69. The smallest absolute Gasteiger partial charge is 0.274 e. The number of ether oxygens (including phenoxy) is 2. The molecule has 7 heteroatoms. The molecule has 94 valence electrons. The van der Waals surface area contributed by atoms with E-state index in [1.165, 1.54) is 0 Å². The largest absolute Gasteiger partial charge is 0.486 e. The predicted octanol–water partition coefficient (Wildman–Crippen LogP) is -0.0721. The predicted molar refractivity (Wildman–Crippen MR) is 62.2 cm³/mol. The molecule has 0 radical (unpaired) electrons. The maximum absolute atomic E-state index is 10.7. The van der Waals surface area contributed by atoms with Crippen molar-refractivity contribution in [3.05, 3.63) is 23.8 Å². The molecule has 1 aliphatic heterocycles. The number of aryl methyl sites for hydroxylation is 1. The van der Waals surface area contributed by atoms with E-state index in [1.807, 2.05) is 19.1 Å². The Balaban J connectivity index is 2.01. The number of hydrogen-bond acceptors (Lipinski definition) is 4. The van der Waals surface area contributed by atoms with Gasteiger partial charge in [-0.15, -0.1) is 0 Å². The van der Waals surface area contributed by atoms with Crippen LogP contribution in [0.4, 0.5) is 0 Å². The summed E-state index contributed by atoms with van der Waals surface area (Å²) in [5, 5.41) is 4.83. The van der Waals surface area contributed by atoms with Crippen molar-refractivity contribution in [2.24, 2.45) is 5.14 Å². The van der Waals surface area contributed by atoms with Gasteiger partial charge in [-0.2, -0.15) is 13.1 Å². The molecule has 1 aliphatic rings. The molecule has 1 aromatic rings. The summed E-state index contributed by atoms with van der Waals surface area (Å²) in [6.45, 7) is 2.34. The number of nitrogens with one attached hydrogen (secondary N) is 1. The minimum absolute atomic E-state index is 0.0894. The van der Waals surface area contributed by atoms with Gasteiger partial charge in [-0.1, -0.05) is 6.07 Å². The first-order chi connectivity index (χ1) is 7.94. The zero-order valence-corrected chi connectivity index (χ0v) is 10.2. The van der Waals surface area contributed by atoms with Gasteiger partial charge in [0.2, 0.25) is 0 Å². The first kappa shape index (κ1) is 12.2. The van der Waals surface area contributed by atoms with Crippen molar-refractivity contribution in [3.8, 4) is 11.5 Å². The van der Waals surface area contributed by atoms with Gasteiger partial charge in [0.15, 0.2) is 11.5 Å². The van der Waals surface area contributed by atoms with Gasteiger partial charge in [-0.3, -0.25) is 0 Å². The fourth-order valence-corrected chi connectivity index (χ4v) is 1.95. The molecule has 0 aromatic heterocycles. The van der Waals surface area contributed by atoms with Gasteiger partial charge in [0.25, 0.3) is 10.2 Å². The van der Waals surface area contributed by atoms with Crippen molar-refractivity contribution in [2.45, 2.75) is 13.0 Å². The van der Waals surface area contributed by atoms with E-state index in [0.717, 1.165) is 5.56 Å². The van der Waals surface area contributed by atoms with Gasteiger partial charge in [0.1, 0.15) is 12.7 Å². The number of hydrogen-bond donors (Lipinski definition) is 2. The molecule has 1 atom stereocenters. The van der Waals surface area contributed by atoms with Gasteiger partial charge in [-0.05, 0) is 24.6 Å². The second-order valence-electron chi connectivity index (χ2n) is 3.89. The summed E-state index contributed by atoms with van der Waals surface area (Å²) in [5.41, 5.74) is 1.08. The third-order valence-electron chi connectivity index (χ3n) is 2.33. The highest BCUT2D eigenvalue weighted by Crippen LogP contribution is 2.32. The van der Waals surface area contributed by atoms with Crippen LogP contribution in [-0.2, 0) is 10.2 Å². The van der Waals surface area contributed by atoms with Crippen LogP contribution in [0.15, 0.2) is 18.2 Å². The van der Waals surface area contributed by atoms with Crippen molar-refractivity contribution >= 4 is 10.2 Å². The second-order valence-corrected chi connectivity index (χ2v) is 5.27. The van der Waals surface area contributed by atoms with E-state index in [1.54, 1.807) is 6.07 Å². The minimum Gasteiger partial charge on any atom is -0.486 e. The van der Waals surface area contributed by atoms with Crippen LogP contribution in [0.25, 0.3) is 0 Å². The van der Waals surface area contributed by atoms with Gasteiger partial charge in [-0.25, -0.2) is 5.14 Å². The average molecular weight is 258 g/mol. The number of fused-ring (bicyclic) bond motifs is 1. The van der Waals surface area contributed by atoms with Crippen LogP contribution >= 0.6 is 0 Å². The van der Waals surface area contributed by atoms with Crippen molar-refractivity contribution < 1.29 is 17.9 Å². The van der Waals surface area contributed by atoms with Crippen LogP contribution in [0.2, 0.25) is 0 Å². The summed E-state index contributed by atoms with van der Waals surface area (Å²) in [6.07, 6.45) is -0.372. The highest BCUT2D eigenvalue weighted by Gasteiger charge is 2.21. The van der Waals surface area contributed by atoms with Gasteiger partial charge < -0.3 is 9.47 Å². The molecule has 6 nitrogen and oxygen atoms in total. The van der Waals surface area contributed by atoms with Crippen molar-refractivity contribution in [1.82, 2.24) is 4.72 Å². The summed E-state index contributed by atoms with van der Waals surface area (Å²) < 4.78 is 34.7. The maximum atomic E-state index is 10.7. The third-order valence-corrected chi connectivity index (χ3v) is 2.90. The molecule has 1 aromatic carbocycles. The highest BCUT2D eigenvalue weighted by atomic mass is 32.2. The Morgan fingerprint density at radius 2 is 2.24 bits per heavy atom. The first-order valence-corrected chi connectivity index (χ1v) is 6.66. The molecule has 3 N–H and O–H groups in total. The van der Waals surface area contributed by atoms with Crippen LogP contribution in [0, 0.1) is 6.92 Å². The minimum atomic E-state index is -3.69. The second kappa shape index (κ2) is 4.52. The average Bonchev–Trinajstić information content (AvgIpc) is 2.25. The Bertz CT molecular complexity index is 515. The van der Waals surface area contributed by atoms with E-state index in [4.69, 9.17) is 14.6 Å². The van der Waals surface area contributed by atoms with E-state index in [9.17, 15) is 8.42 Å². The molecule has 0 saturated heterocycles. The quantitative estimate of drug-likeness (QED) is 0.794. The van der Waals surface area contributed by atoms with Crippen LogP contribution < -0.4 is 19.3 Å². The molecular formula is C10H14N2O4S. The van der Waals surface area contributed by atoms with Crippen molar-refractivity contribution in [2.75, 3.05) is 13.2 Å². The van der Waals surface area contributed by atoms with Gasteiger partial charge in [0.05, 0.1) is 6.54 Å². The van der Waals surface area contributed by atoms with Crippen molar-refractivity contribution in [3.63, 3.8) is 0 Å². The highest BCUT2D eigenvalue weighted by molar-refractivity contribution is 7.87. The molecule has 0 amide bonds. The molecule has 17 heavy (non-hydrogen) atoms. The summed E-state index contributed by atoms with van der Waals surface area (Å²) >= 11 is 0. The summed E-state index contributed by atoms with van der Waals surface area (Å²) in [4.78, 5) is 0. The van der Waals surface area contributed by atoms with E-state index >= 15 is 0 Å². The number of nitrogens with two attached hydrogens (primary N) is 1. The Kier molecular flexibility index (Phi) is 3.23. The normalized spacial score (nSPS) is 19.1. The molecule has 0 bridgehead atoms. The van der Waals surface area contributed by atoms with Gasteiger partial charge >= 0.3 is 0 Å². The molecule has 0 spiro atoms. The van der Waals surface area contributed by atoms with Crippen LogP contribution in [0.5, 0.6) is 11.5 Å². The summed E-state index contributed by atoms with van der Waals surface area (Å²) in [5.74, 6) is 1.29.